The van der Waals surface area contributed by atoms with E-state index in [2.05, 4.69) is 4.90 Å². The van der Waals surface area contributed by atoms with E-state index in [9.17, 15) is 14.7 Å². The SMILES string of the molecule is O=CCC1CCCC1(C(=O)O)N1CCCCC1. The van der Waals surface area contributed by atoms with Crippen molar-refractivity contribution in [2.75, 3.05) is 13.1 Å². The predicted molar refractivity (Wildman–Crippen MR) is 63.8 cm³/mol. The summed E-state index contributed by atoms with van der Waals surface area (Å²) in [5.41, 5.74) is -0.749. The van der Waals surface area contributed by atoms with Gasteiger partial charge in [-0.15, -0.1) is 0 Å². The van der Waals surface area contributed by atoms with Crippen LogP contribution in [0.5, 0.6) is 0 Å². The maximum absolute atomic E-state index is 11.8. The predicted octanol–water partition coefficient (Wildman–Crippen LogP) is 1.68. The first-order chi connectivity index (χ1) is 8.21. The Morgan fingerprint density at radius 1 is 1.29 bits per heavy atom. The molecule has 4 heteroatoms. The van der Waals surface area contributed by atoms with E-state index < -0.39 is 11.5 Å². The molecule has 17 heavy (non-hydrogen) atoms. The first-order valence-corrected chi connectivity index (χ1v) is 6.64. The largest absolute Gasteiger partial charge is 0.480 e. The second-order valence-electron chi connectivity index (χ2n) is 5.27. The van der Waals surface area contributed by atoms with Gasteiger partial charge in [0, 0.05) is 6.42 Å². The summed E-state index contributed by atoms with van der Waals surface area (Å²) >= 11 is 0. The Morgan fingerprint density at radius 3 is 2.59 bits per heavy atom. The van der Waals surface area contributed by atoms with Crippen LogP contribution in [0.1, 0.15) is 44.9 Å². The molecule has 2 rings (SSSR count). The molecule has 0 spiro atoms. The molecule has 96 valence electrons. The van der Waals surface area contributed by atoms with E-state index in [4.69, 9.17) is 0 Å². The molecule has 2 fully saturated rings. The van der Waals surface area contributed by atoms with Crippen molar-refractivity contribution in [3.05, 3.63) is 0 Å². The number of likely N-dealkylation sites (tertiary alicyclic amines) is 1. The lowest BCUT2D eigenvalue weighted by Gasteiger charge is -2.43. The Labute approximate surface area is 102 Å². The van der Waals surface area contributed by atoms with Gasteiger partial charge in [-0.05, 0) is 44.7 Å². The van der Waals surface area contributed by atoms with Crippen LogP contribution in [0.25, 0.3) is 0 Å². The minimum Gasteiger partial charge on any atom is -0.480 e. The molecule has 2 atom stereocenters. The standard InChI is InChI=1S/C13H21NO3/c15-10-6-11-5-4-7-13(11,12(16)17)14-8-2-1-3-9-14/h10-11H,1-9H2,(H,16,17). The smallest absolute Gasteiger partial charge is 0.324 e. The lowest BCUT2D eigenvalue weighted by molar-refractivity contribution is -0.155. The zero-order chi connectivity index (χ0) is 12.3. The third kappa shape index (κ3) is 2.10. The number of carboxylic acids is 1. The fourth-order valence-corrected chi connectivity index (χ4v) is 3.62. The third-order valence-electron chi connectivity index (χ3n) is 4.46. The quantitative estimate of drug-likeness (QED) is 0.758. The van der Waals surface area contributed by atoms with E-state index in [-0.39, 0.29) is 5.92 Å². The molecule has 1 N–H and O–H groups in total. The van der Waals surface area contributed by atoms with Crippen molar-refractivity contribution < 1.29 is 14.7 Å². The summed E-state index contributed by atoms with van der Waals surface area (Å²) in [6.45, 7) is 1.75. The van der Waals surface area contributed by atoms with Gasteiger partial charge in [0.2, 0.25) is 0 Å². The van der Waals surface area contributed by atoms with Crippen molar-refractivity contribution in [2.24, 2.45) is 5.92 Å². The summed E-state index contributed by atoms with van der Waals surface area (Å²) in [4.78, 5) is 24.6. The van der Waals surface area contributed by atoms with Gasteiger partial charge >= 0.3 is 5.97 Å². The van der Waals surface area contributed by atoms with Crippen molar-refractivity contribution in [3.63, 3.8) is 0 Å². The molecular formula is C13H21NO3. The number of aliphatic carboxylic acids is 1. The molecule has 0 bridgehead atoms. The highest BCUT2D eigenvalue weighted by Gasteiger charge is 2.52. The summed E-state index contributed by atoms with van der Waals surface area (Å²) in [5, 5.41) is 9.66. The molecule has 1 saturated carbocycles. The van der Waals surface area contributed by atoms with Gasteiger partial charge in [-0.3, -0.25) is 9.69 Å². The van der Waals surface area contributed by atoms with Gasteiger partial charge in [-0.25, -0.2) is 0 Å². The fourth-order valence-electron chi connectivity index (χ4n) is 3.62. The summed E-state index contributed by atoms with van der Waals surface area (Å²) < 4.78 is 0. The number of carbonyl (C=O) groups is 2. The van der Waals surface area contributed by atoms with Gasteiger partial charge in [-0.1, -0.05) is 12.8 Å². The van der Waals surface area contributed by atoms with Gasteiger partial charge < -0.3 is 9.90 Å². The van der Waals surface area contributed by atoms with E-state index in [1.807, 2.05) is 0 Å². The fraction of sp³-hybridized carbons (Fsp3) is 0.846. The average molecular weight is 239 g/mol. The number of rotatable bonds is 4. The molecule has 1 saturated heterocycles. The Balaban J connectivity index is 2.23. The van der Waals surface area contributed by atoms with Crippen molar-refractivity contribution in [1.29, 1.82) is 0 Å². The molecule has 0 aromatic carbocycles. The lowest BCUT2D eigenvalue weighted by atomic mass is 9.82. The normalized spacial score (nSPS) is 34.7. The molecule has 0 radical (unpaired) electrons. The lowest BCUT2D eigenvalue weighted by Crippen LogP contribution is -2.58. The Morgan fingerprint density at radius 2 is 2.00 bits per heavy atom. The maximum Gasteiger partial charge on any atom is 0.324 e. The summed E-state index contributed by atoms with van der Waals surface area (Å²) in [7, 11) is 0. The monoisotopic (exact) mass is 239 g/mol. The number of carboxylic acid groups (broad SMARTS) is 1. The molecule has 1 aliphatic carbocycles. The van der Waals surface area contributed by atoms with Crippen LogP contribution in [0.4, 0.5) is 0 Å². The zero-order valence-corrected chi connectivity index (χ0v) is 10.2. The molecular weight excluding hydrogens is 218 g/mol. The molecule has 1 aliphatic heterocycles. The summed E-state index contributed by atoms with van der Waals surface area (Å²) in [5.74, 6) is -0.709. The molecule has 2 aliphatic rings. The number of hydrogen-bond acceptors (Lipinski definition) is 3. The van der Waals surface area contributed by atoms with Crippen molar-refractivity contribution in [3.8, 4) is 0 Å². The van der Waals surface area contributed by atoms with Crippen LogP contribution in [0.2, 0.25) is 0 Å². The Hall–Kier alpha value is -0.900. The highest BCUT2D eigenvalue weighted by Crippen LogP contribution is 2.43. The second-order valence-corrected chi connectivity index (χ2v) is 5.27. The molecule has 1 heterocycles. The number of nitrogens with zero attached hydrogens (tertiary/aromatic N) is 1. The summed E-state index contributed by atoms with van der Waals surface area (Å²) in [6, 6.07) is 0. The van der Waals surface area contributed by atoms with Crippen LogP contribution >= 0.6 is 0 Å². The van der Waals surface area contributed by atoms with E-state index >= 15 is 0 Å². The van der Waals surface area contributed by atoms with Gasteiger partial charge in [0.05, 0.1) is 0 Å². The van der Waals surface area contributed by atoms with Crippen molar-refractivity contribution >= 4 is 12.3 Å². The first-order valence-electron chi connectivity index (χ1n) is 6.64. The van der Waals surface area contributed by atoms with Crippen LogP contribution < -0.4 is 0 Å². The van der Waals surface area contributed by atoms with Gasteiger partial charge in [0.1, 0.15) is 11.8 Å². The number of carbonyl (C=O) groups excluding carboxylic acids is 1. The second kappa shape index (κ2) is 5.17. The van der Waals surface area contributed by atoms with E-state index in [1.165, 1.54) is 6.42 Å². The van der Waals surface area contributed by atoms with Gasteiger partial charge in [0.25, 0.3) is 0 Å². The topological polar surface area (TPSA) is 57.6 Å². The minimum atomic E-state index is -0.749. The molecule has 2 unspecified atom stereocenters. The zero-order valence-electron chi connectivity index (χ0n) is 10.2. The van der Waals surface area contributed by atoms with E-state index in [0.717, 1.165) is 45.1 Å². The van der Waals surface area contributed by atoms with Gasteiger partial charge in [-0.2, -0.15) is 0 Å². The minimum absolute atomic E-state index is 0.00981. The van der Waals surface area contributed by atoms with Crippen LogP contribution in [-0.2, 0) is 9.59 Å². The van der Waals surface area contributed by atoms with Crippen LogP contribution in [0.3, 0.4) is 0 Å². The number of aldehydes is 1. The highest BCUT2D eigenvalue weighted by molar-refractivity contribution is 5.80. The van der Waals surface area contributed by atoms with Crippen molar-refractivity contribution in [2.45, 2.75) is 50.5 Å². The number of piperidine rings is 1. The van der Waals surface area contributed by atoms with E-state index in [1.54, 1.807) is 0 Å². The van der Waals surface area contributed by atoms with Crippen LogP contribution in [0.15, 0.2) is 0 Å². The molecule has 4 nitrogen and oxygen atoms in total. The van der Waals surface area contributed by atoms with Crippen LogP contribution in [0, 0.1) is 5.92 Å². The average Bonchev–Trinajstić information content (AvgIpc) is 2.75. The van der Waals surface area contributed by atoms with Gasteiger partial charge in [0.15, 0.2) is 0 Å². The van der Waals surface area contributed by atoms with Crippen molar-refractivity contribution in [1.82, 2.24) is 4.90 Å². The Kier molecular flexibility index (Phi) is 3.82. The molecule has 0 aromatic heterocycles. The molecule has 0 aromatic rings. The first kappa shape index (κ1) is 12.6. The molecule has 0 amide bonds. The summed E-state index contributed by atoms with van der Waals surface area (Å²) in [6.07, 6.45) is 7.17. The van der Waals surface area contributed by atoms with Crippen LogP contribution in [-0.4, -0.2) is 40.9 Å². The third-order valence-corrected chi connectivity index (χ3v) is 4.46. The highest BCUT2D eigenvalue weighted by atomic mass is 16.4. The Bertz CT molecular complexity index is 299. The maximum atomic E-state index is 11.8. The van der Waals surface area contributed by atoms with E-state index in [0.29, 0.717) is 12.8 Å². The number of hydrogen-bond donors (Lipinski definition) is 1.